The Kier molecular flexibility index (Phi) is 4.31. The molecule has 1 atom stereocenters. The van der Waals surface area contributed by atoms with Gasteiger partial charge in [0.1, 0.15) is 6.07 Å². The molecule has 86 valence electrons. The molecule has 0 saturated carbocycles. The van der Waals surface area contributed by atoms with Crippen molar-refractivity contribution in [3.63, 3.8) is 0 Å². The predicted octanol–water partition coefficient (Wildman–Crippen LogP) is 3.88. The fraction of sp³-hybridized carbons (Fsp3) is 0.417. The smallest absolute Gasteiger partial charge is 0.180 e. The second-order valence-corrected chi connectivity index (χ2v) is 4.71. The Morgan fingerprint density at radius 3 is 2.50 bits per heavy atom. The van der Waals surface area contributed by atoms with E-state index in [1.165, 1.54) is 12.1 Å². The van der Waals surface area contributed by atoms with Crippen molar-refractivity contribution in [3.05, 3.63) is 28.0 Å². The van der Waals surface area contributed by atoms with Crippen molar-refractivity contribution in [2.45, 2.75) is 26.9 Å². The highest BCUT2D eigenvalue weighted by molar-refractivity contribution is 9.10. The third-order valence-electron chi connectivity index (χ3n) is 2.42. The van der Waals surface area contributed by atoms with E-state index in [1.54, 1.807) is 0 Å². The monoisotopic (exact) mass is 285 g/mol. The molecule has 0 saturated heterocycles. The van der Waals surface area contributed by atoms with Gasteiger partial charge in [-0.15, -0.1) is 0 Å². The second-order valence-electron chi connectivity index (χ2n) is 3.92. The highest BCUT2D eigenvalue weighted by atomic mass is 79.9. The summed E-state index contributed by atoms with van der Waals surface area (Å²) in [5.41, 5.74) is 0.266. The summed E-state index contributed by atoms with van der Waals surface area (Å²) < 4.78 is 19.4. The number of halogens is 2. The van der Waals surface area contributed by atoms with Crippen molar-refractivity contribution in [2.24, 2.45) is 5.92 Å². The molecule has 0 heterocycles. The summed E-state index contributed by atoms with van der Waals surface area (Å²) in [6, 6.07) is 4.92. The number of nitriles is 1. The van der Waals surface area contributed by atoms with Gasteiger partial charge >= 0.3 is 0 Å². The van der Waals surface area contributed by atoms with Crippen molar-refractivity contribution in [1.29, 1.82) is 5.26 Å². The summed E-state index contributed by atoms with van der Waals surface area (Å²) in [7, 11) is 0. The van der Waals surface area contributed by atoms with Crippen molar-refractivity contribution in [2.75, 3.05) is 0 Å². The van der Waals surface area contributed by atoms with E-state index in [-0.39, 0.29) is 21.9 Å². The Hall–Kier alpha value is -1.08. The highest BCUT2D eigenvalue weighted by Crippen LogP contribution is 2.29. The van der Waals surface area contributed by atoms with Gasteiger partial charge in [0.15, 0.2) is 11.6 Å². The lowest BCUT2D eigenvalue weighted by molar-refractivity contribution is 0.163. The molecule has 0 aromatic heterocycles. The first-order valence-corrected chi connectivity index (χ1v) is 5.81. The molecule has 0 aliphatic carbocycles. The van der Waals surface area contributed by atoms with Crippen molar-refractivity contribution < 1.29 is 9.13 Å². The second kappa shape index (κ2) is 5.31. The summed E-state index contributed by atoms with van der Waals surface area (Å²) in [5, 5.41) is 8.72. The SMILES string of the molecule is CC(C)C(C)Oc1ccc(C#N)c(Br)c1F. The summed E-state index contributed by atoms with van der Waals surface area (Å²) in [4.78, 5) is 0. The maximum absolute atomic E-state index is 13.7. The predicted molar refractivity (Wildman–Crippen MR) is 63.7 cm³/mol. The lowest BCUT2D eigenvalue weighted by Gasteiger charge is -2.18. The van der Waals surface area contributed by atoms with Gasteiger partial charge in [-0.1, -0.05) is 13.8 Å². The van der Waals surface area contributed by atoms with Gasteiger partial charge < -0.3 is 4.74 Å². The van der Waals surface area contributed by atoms with E-state index < -0.39 is 5.82 Å². The van der Waals surface area contributed by atoms with Gasteiger partial charge in [0.05, 0.1) is 16.1 Å². The highest BCUT2D eigenvalue weighted by Gasteiger charge is 2.15. The van der Waals surface area contributed by atoms with Crippen LogP contribution in [0.3, 0.4) is 0 Å². The van der Waals surface area contributed by atoms with E-state index >= 15 is 0 Å². The fourth-order valence-corrected chi connectivity index (χ4v) is 1.46. The first kappa shape index (κ1) is 13.0. The lowest BCUT2D eigenvalue weighted by atomic mass is 10.1. The summed E-state index contributed by atoms with van der Waals surface area (Å²) >= 11 is 3.04. The van der Waals surface area contributed by atoms with Gasteiger partial charge in [-0.05, 0) is 40.9 Å². The van der Waals surface area contributed by atoms with Crippen LogP contribution < -0.4 is 4.74 Å². The molecular weight excluding hydrogens is 273 g/mol. The van der Waals surface area contributed by atoms with Gasteiger partial charge in [-0.3, -0.25) is 0 Å². The van der Waals surface area contributed by atoms with Crippen LogP contribution >= 0.6 is 15.9 Å². The minimum Gasteiger partial charge on any atom is -0.487 e. The van der Waals surface area contributed by atoms with Crippen LogP contribution in [-0.4, -0.2) is 6.10 Å². The molecule has 16 heavy (non-hydrogen) atoms. The van der Waals surface area contributed by atoms with Crippen LogP contribution in [0.2, 0.25) is 0 Å². The summed E-state index contributed by atoms with van der Waals surface area (Å²) in [5.74, 6) is -0.0487. The molecule has 0 radical (unpaired) electrons. The number of hydrogen-bond donors (Lipinski definition) is 0. The quantitative estimate of drug-likeness (QED) is 0.844. The Morgan fingerprint density at radius 2 is 2.00 bits per heavy atom. The van der Waals surface area contributed by atoms with Crippen LogP contribution in [-0.2, 0) is 0 Å². The number of hydrogen-bond acceptors (Lipinski definition) is 2. The van der Waals surface area contributed by atoms with Crippen molar-refractivity contribution >= 4 is 15.9 Å². The largest absolute Gasteiger partial charge is 0.487 e. The maximum atomic E-state index is 13.7. The summed E-state index contributed by atoms with van der Waals surface area (Å²) in [6.07, 6.45) is -0.0747. The molecule has 2 nitrogen and oxygen atoms in total. The molecule has 1 aromatic carbocycles. The van der Waals surface area contributed by atoms with E-state index in [4.69, 9.17) is 10.00 Å². The standard InChI is InChI=1S/C12H13BrFNO/c1-7(2)8(3)16-10-5-4-9(6-15)11(13)12(10)14/h4-5,7-8H,1-3H3. The van der Waals surface area contributed by atoms with Gasteiger partial charge in [0, 0.05) is 0 Å². The van der Waals surface area contributed by atoms with Crippen LogP contribution in [0.4, 0.5) is 4.39 Å². The molecule has 1 unspecified atom stereocenters. The van der Waals surface area contributed by atoms with Gasteiger partial charge in [0.2, 0.25) is 0 Å². The normalized spacial score (nSPS) is 12.3. The molecule has 0 amide bonds. The average molecular weight is 286 g/mol. The van der Waals surface area contributed by atoms with Gasteiger partial charge in [-0.25, -0.2) is 4.39 Å². The molecule has 4 heteroatoms. The van der Waals surface area contributed by atoms with Crippen LogP contribution in [0, 0.1) is 23.1 Å². The molecule has 0 aliphatic heterocycles. The van der Waals surface area contributed by atoms with E-state index in [1.807, 2.05) is 26.8 Å². The van der Waals surface area contributed by atoms with Crippen LogP contribution in [0.15, 0.2) is 16.6 Å². The number of nitrogens with zero attached hydrogens (tertiary/aromatic N) is 1. The zero-order valence-electron chi connectivity index (χ0n) is 9.42. The number of benzene rings is 1. The van der Waals surface area contributed by atoms with Gasteiger partial charge in [-0.2, -0.15) is 5.26 Å². The number of ether oxygens (including phenoxy) is 1. The average Bonchev–Trinajstić information content (AvgIpc) is 2.25. The Morgan fingerprint density at radius 1 is 1.38 bits per heavy atom. The molecule has 0 N–H and O–H groups in total. The first-order valence-electron chi connectivity index (χ1n) is 5.02. The van der Waals surface area contributed by atoms with Crippen molar-refractivity contribution in [1.82, 2.24) is 0 Å². The molecule has 1 aromatic rings. The molecular formula is C12H13BrFNO. The topological polar surface area (TPSA) is 33.0 Å². The van der Waals surface area contributed by atoms with Crippen molar-refractivity contribution in [3.8, 4) is 11.8 Å². The minimum absolute atomic E-state index is 0.0747. The van der Waals surface area contributed by atoms with E-state index in [0.717, 1.165) is 0 Å². The number of rotatable bonds is 3. The Balaban J connectivity index is 3.00. The summed E-state index contributed by atoms with van der Waals surface area (Å²) in [6.45, 7) is 5.89. The third kappa shape index (κ3) is 2.73. The third-order valence-corrected chi connectivity index (χ3v) is 3.19. The zero-order chi connectivity index (χ0) is 12.3. The van der Waals surface area contributed by atoms with E-state index in [2.05, 4.69) is 15.9 Å². The van der Waals surface area contributed by atoms with E-state index in [0.29, 0.717) is 5.92 Å². The van der Waals surface area contributed by atoms with Crippen LogP contribution in [0.25, 0.3) is 0 Å². The Labute approximate surface area is 103 Å². The van der Waals surface area contributed by atoms with E-state index in [9.17, 15) is 4.39 Å². The van der Waals surface area contributed by atoms with Gasteiger partial charge in [0.25, 0.3) is 0 Å². The minimum atomic E-state index is -0.522. The first-order chi connectivity index (χ1) is 7.47. The molecule has 0 fully saturated rings. The zero-order valence-corrected chi connectivity index (χ0v) is 11.0. The van der Waals surface area contributed by atoms with Crippen LogP contribution in [0.5, 0.6) is 5.75 Å². The Bertz CT molecular complexity index is 426. The fourth-order valence-electron chi connectivity index (χ4n) is 1.05. The molecule has 0 aliphatic rings. The van der Waals surface area contributed by atoms with Crippen LogP contribution in [0.1, 0.15) is 26.3 Å². The maximum Gasteiger partial charge on any atom is 0.180 e. The lowest BCUT2D eigenvalue weighted by Crippen LogP contribution is -2.19. The molecule has 0 bridgehead atoms. The molecule has 0 spiro atoms. The molecule has 1 rings (SSSR count).